The molecule has 0 saturated carbocycles. The predicted molar refractivity (Wildman–Crippen MR) is 96.2 cm³/mol. The normalized spacial score (nSPS) is 10.9. The highest BCUT2D eigenvalue weighted by atomic mass is 127. The Morgan fingerprint density at radius 1 is 1.21 bits per heavy atom. The zero-order valence-electron chi connectivity index (χ0n) is 12.1. The Morgan fingerprint density at radius 3 is 2.58 bits per heavy atom. The Bertz CT molecular complexity index is 933. The molecule has 0 atom stereocenters. The van der Waals surface area contributed by atoms with Gasteiger partial charge < -0.3 is 14.8 Å². The van der Waals surface area contributed by atoms with E-state index in [1.165, 1.54) is 6.07 Å². The van der Waals surface area contributed by atoms with Crippen molar-refractivity contribution in [2.75, 3.05) is 5.32 Å². The molecule has 2 N–H and O–H groups in total. The minimum atomic E-state index is -1.10. The average molecular weight is 508 g/mol. The van der Waals surface area contributed by atoms with Crippen molar-refractivity contribution >= 4 is 49.9 Å². The minimum absolute atomic E-state index is 0.0995. The van der Waals surface area contributed by atoms with E-state index in [0.717, 1.165) is 9.13 Å². The summed E-state index contributed by atoms with van der Waals surface area (Å²) in [6, 6.07) is 6.79. The molecule has 0 aliphatic heterocycles. The summed E-state index contributed by atoms with van der Waals surface area (Å²) in [7, 11) is 0. The van der Waals surface area contributed by atoms with Crippen molar-refractivity contribution in [3.63, 3.8) is 0 Å². The molecule has 5 nitrogen and oxygen atoms in total. The van der Waals surface area contributed by atoms with Crippen LogP contribution in [0.4, 0.5) is 20.2 Å². The summed E-state index contributed by atoms with van der Waals surface area (Å²) < 4.78 is 34.3. The second-order valence-electron chi connectivity index (χ2n) is 4.88. The Kier molecular flexibility index (Phi) is 4.72. The number of aromatic hydroxyl groups is 1. The highest BCUT2D eigenvalue weighted by Crippen LogP contribution is 2.38. The lowest BCUT2D eigenvalue weighted by Crippen LogP contribution is -2.02. The van der Waals surface area contributed by atoms with Crippen LogP contribution in [0.15, 0.2) is 33.2 Å². The molecular weight excluding hydrogens is 499 g/mol. The van der Waals surface area contributed by atoms with E-state index in [9.17, 15) is 13.9 Å². The standard InChI is InChI=1S/C15H9BrF2IN3O2/c1-6-4-7(19)2-3-10(6)20-13-8(14-21-22-15(23)24-14)5-9(16)11(17)12(13)18/h2-5,20H,1H3,(H,22,23). The van der Waals surface area contributed by atoms with Crippen molar-refractivity contribution in [1.82, 2.24) is 10.2 Å². The van der Waals surface area contributed by atoms with Crippen LogP contribution in [0.25, 0.3) is 11.5 Å². The fraction of sp³-hybridized carbons (Fsp3) is 0.0667. The third-order valence-electron chi connectivity index (χ3n) is 3.26. The van der Waals surface area contributed by atoms with Crippen molar-refractivity contribution in [1.29, 1.82) is 0 Å². The molecule has 3 aromatic rings. The summed E-state index contributed by atoms with van der Waals surface area (Å²) >= 11 is 5.11. The van der Waals surface area contributed by atoms with Gasteiger partial charge in [-0.15, -0.1) is 5.10 Å². The first kappa shape index (κ1) is 17.1. The smallest absolute Gasteiger partial charge is 0.412 e. The van der Waals surface area contributed by atoms with Gasteiger partial charge in [-0.1, -0.05) is 5.10 Å². The summed E-state index contributed by atoms with van der Waals surface area (Å²) in [5, 5.41) is 19.0. The molecule has 0 radical (unpaired) electrons. The zero-order valence-corrected chi connectivity index (χ0v) is 15.8. The summed E-state index contributed by atoms with van der Waals surface area (Å²) in [6.45, 7) is 1.84. The minimum Gasteiger partial charge on any atom is -0.465 e. The molecule has 0 bridgehead atoms. The zero-order chi connectivity index (χ0) is 17.4. The van der Waals surface area contributed by atoms with E-state index in [0.29, 0.717) is 5.69 Å². The number of nitrogens with one attached hydrogen (secondary N) is 1. The quantitative estimate of drug-likeness (QED) is 0.379. The molecule has 0 amide bonds. The lowest BCUT2D eigenvalue weighted by molar-refractivity contribution is 0.320. The molecule has 1 aromatic heterocycles. The third kappa shape index (κ3) is 3.22. The van der Waals surface area contributed by atoms with Crippen LogP contribution in [0.5, 0.6) is 6.08 Å². The summed E-state index contributed by atoms with van der Waals surface area (Å²) in [5.41, 5.74) is 1.40. The van der Waals surface area contributed by atoms with Crippen LogP contribution in [0.1, 0.15) is 5.56 Å². The number of hydrogen-bond acceptors (Lipinski definition) is 5. The fourth-order valence-electron chi connectivity index (χ4n) is 2.11. The molecular formula is C15H9BrF2IN3O2. The van der Waals surface area contributed by atoms with E-state index in [4.69, 9.17) is 4.42 Å². The lowest BCUT2D eigenvalue weighted by atomic mass is 10.1. The maximum atomic E-state index is 14.5. The van der Waals surface area contributed by atoms with E-state index in [2.05, 4.69) is 54.0 Å². The van der Waals surface area contributed by atoms with E-state index >= 15 is 0 Å². The van der Waals surface area contributed by atoms with Crippen LogP contribution < -0.4 is 5.32 Å². The molecule has 24 heavy (non-hydrogen) atoms. The number of anilines is 2. The number of halogens is 4. The number of aryl methyl sites for hydroxylation is 1. The van der Waals surface area contributed by atoms with Crippen LogP contribution in [0.2, 0.25) is 0 Å². The molecule has 3 rings (SSSR count). The van der Waals surface area contributed by atoms with Gasteiger partial charge >= 0.3 is 6.08 Å². The first-order valence-corrected chi connectivity index (χ1v) is 8.47. The molecule has 0 aliphatic carbocycles. The number of rotatable bonds is 3. The van der Waals surface area contributed by atoms with Crippen LogP contribution in [0.3, 0.4) is 0 Å². The van der Waals surface area contributed by atoms with Crippen LogP contribution in [-0.4, -0.2) is 15.3 Å². The topological polar surface area (TPSA) is 71.2 Å². The van der Waals surface area contributed by atoms with Gasteiger partial charge in [0.1, 0.15) is 0 Å². The van der Waals surface area contributed by atoms with Crippen molar-refractivity contribution in [3.8, 4) is 17.5 Å². The largest absolute Gasteiger partial charge is 0.465 e. The van der Waals surface area contributed by atoms with Crippen molar-refractivity contribution in [2.24, 2.45) is 0 Å². The summed E-state index contributed by atoms with van der Waals surface area (Å²) in [5.74, 6) is -2.29. The van der Waals surface area contributed by atoms with E-state index in [1.54, 1.807) is 6.07 Å². The van der Waals surface area contributed by atoms with Crippen LogP contribution in [0, 0.1) is 22.1 Å². The van der Waals surface area contributed by atoms with Gasteiger partial charge in [-0.05, 0) is 75.3 Å². The molecule has 9 heteroatoms. The summed E-state index contributed by atoms with van der Waals surface area (Å²) in [6.07, 6.45) is -0.665. The van der Waals surface area contributed by atoms with Gasteiger partial charge in [0, 0.05) is 9.26 Å². The molecule has 0 spiro atoms. The first-order chi connectivity index (χ1) is 11.4. The van der Waals surface area contributed by atoms with Gasteiger partial charge in [-0.3, -0.25) is 0 Å². The SMILES string of the molecule is Cc1cc(I)ccc1Nc1c(-c2nnc(O)o2)cc(Br)c(F)c1F. The Labute approximate surface area is 157 Å². The monoisotopic (exact) mass is 507 g/mol. The van der Waals surface area contributed by atoms with Crippen molar-refractivity contribution in [2.45, 2.75) is 6.92 Å². The first-order valence-electron chi connectivity index (χ1n) is 6.60. The molecule has 1 heterocycles. The fourth-order valence-corrected chi connectivity index (χ4v) is 3.16. The molecule has 0 fully saturated rings. The molecule has 124 valence electrons. The summed E-state index contributed by atoms with van der Waals surface area (Å²) in [4.78, 5) is 0. The Balaban J connectivity index is 2.16. The number of nitrogens with zero attached hydrogens (tertiary/aromatic N) is 2. The maximum Gasteiger partial charge on any atom is 0.412 e. The van der Waals surface area contributed by atoms with Gasteiger partial charge in [-0.2, -0.15) is 0 Å². The van der Waals surface area contributed by atoms with E-state index in [-0.39, 0.29) is 21.6 Å². The maximum absolute atomic E-state index is 14.5. The molecule has 0 saturated heterocycles. The molecule has 0 unspecified atom stereocenters. The number of hydrogen-bond donors (Lipinski definition) is 2. The van der Waals surface area contributed by atoms with Gasteiger partial charge in [-0.25, -0.2) is 8.78 Å². The Hall–Kier alpha value is -1.75. The van der Waals surface area contributed by atoms with Crippen LogP contribution in [-0.2, 0) is 0 Å². The Morgan fingerprint density at radius 2 is 1.96 bits per heavy atom. The van der Waals surface area contributed by atoms with Crippen molar-refractivity contribution < 1.29 is 18.3 Å². The van der Waals surface area contributed by atoms with Gasteiger partial charge in [0.15, 0.2) is 11.6 Å². The van der Waals surface area contributed by atoms with E-state index in [1.807, 2.05) is 19.1 Å². The second kappa shape index (κ2) is 6.63. The second-order valence-corrected chi connectivity index (χ2v) is 6.98. The number of aromatic nitrogens is 2. The van der Waals surface area contributed by atoms with Crippen molar-refractivity contribution in [3.05, 3.63) is 49.5 Å². The molecule has 0 aliphatic rings. The van der Waals surface area contributed by atoms with Gasteiger partial charge in [0.2, 0.25) is 0 Å². The van der Waals surface area contributed by atoms with Gasteiger partial charge in [0.05, 0.1) is 15.7 Å². The van der Waals surface area contributed by atoms with Crippen LogP contribution >= 0.6 is 38.5 Å². The number of benzene rings is 2. The van der Waals surface area contributed by atoms with Gasteiger partial charge in [0.25, 0.3) is 5.89 Å². The highest BCUT2D eigenvalue weighted by molar-refractivity contribution is 14.1. The average Bonchev–Trinajstić information content (AvgIpc) is 2.96. The third-order valence-corrected chi connectivity index (χ3v) is 4.50. The highest BCUT2D eigenvalue weighted by Gasteiger charge is 2.22. The predicted octanol–water partition coefficient (Wildman–Crippen LogP) is 5.14. The van der Waals surface area contributed by atoms with E-state index < -0.39 is 17.7 Å². The molecule has 2 aromatic carbocycles. The lowest BCUT2D eigenvalue weighted by Gasteiger charge is -2.14.